The molecule has 1 N–H and O–H groups in total. The summed E-state index contributed by atoms with van der Waals surface area (Å²) in [5.41, 5.74) is 2.65. The molecule has 0 saturated heterocycles. The van der Waals surface area contributed by atoms with Crippen molar-refractivity contribution in [1.82, 2.24) is 0 Å². The zero-order valence-corrected chi connectivity index (χ0v) is 12.6. The number of nitrogens with zero attached hydrogens (tertiary/aromatic N) is 2. The van der Waals surface area contributed by atoms with Crippen LogP contribution in [0.4, 0.5) is 17.1 Å². The number of nitro groups is 1. The van der Waals surface area contributed by atoms with Crippen molar-refractivity contribution in [3.05, 3.63) is 50.7 Å². The lowest BCUT2D eigenvalue weighted by Crippen LogP contribution is -2.25. The van der Waals surface area contributed by atoms with E-state index in [2.05, 4.69) is 21.7 Å². The fourth-order valence-corrected chi connectivity index (χ4v) is 3.19. The molecule has 1 aliphatic carbocycles. The van der Waals surface area contributed by atoms with Crippen LogP contribution in [0.15, 0.2) is 35.0 Å². The van der Waals surface area contributed by atoms with Crippen LogP contribution in [-0.4, -0.2) is 18.0 Å². The molecule has 1 aromatic carbocycles. The number of nitro benzene ring substituents is 1. The van der Waals surface area contributed by atoms with Crippen molar-refractivity contribution in [2.45, 2.75) is 25.4 Å². The molecule has 110 valence electrons. The maximum atomic E-state index is 11.5. The molecule has 1 saturated carbocycles. The number of benzene rings is 1. The van der Waals surface area contributed by atoms with Crippen LogP contribution in [-0.2, 0) is 6.54 Å². The van der Waals surface area contributed by atoms with Gasteiger partial charge in [0.2, 0.25) is 0 Å². The van der Waals surface area contributed by atoms with Gasteiger partial charge in [0.25, 0.3) is 0 Å². The van der Waals surface area contributed by atoms with Gasteiger partial charge in [0.15, 0.2) is 0 Å². The summed E-state index contributed by atoms with van der Waals surface area (Å²) < 4.78 is 0. The molecular weight excluding hydrogens is 286 g/mol. The lowest BCUT2D eigenvalue weighted by Gasteiger charge is -2.24. The fourth-order valence-electron chi connectivity index (χ4n) is 2.53. The van der Waals surface area contributed by atoms with Gasteiger partial charge in [0.05, 0.1) is 4.92 Å². The van der Waals surface area contributed by atoms with E-state index >= 15 is 0 Å². The summed E-state index contributed by atoms with van der Waals surface area (Å²) in [4.78, 5) is 13.4. The van der Waals surface area contributed by atoms with E-state index in [0.717, 1.165) is 19.4 Å². The van der Waals surface area contributed by atoms with Crippen molar-refractivity contribution in [3.8, 4) is 0 Å². The first-order chi connectivity index (χ1) is 10.2. The van der Waals surface area contributed by atoms with E-state index in [1.807, 2.05) is 17.5 Å². The molecule has 1 aliphatic rings. The first-order valence-corrected chi connectivity index (χ1v) is 7.88. The first-order valence-electron chi connectivity index (χ1n) is 6.93. The predicted molar refractivity (Wildman–Crippen MR) is 86.2 cm³/mol. The molecule has 0 spiro atoms. The van der Waals surface area contributed by atoms with Gasteiger partial charge in [0, 0.05) is 19.6 Å². The summed E-state index contributed by atoms with van der Waals surface area (Å²) in [5, 5.41) is 18.6. The second kappa shape index (κ2) is 5.73. The molecule has 0 aliphatic heterocycles. The molecular formula is C15H17N3O2S. The van der Waals surface area contributed by atoms with Crippen molar-refractivity contribution >= 4 is 28.4 Å². The van der Waals surface area contributed by atoms with Gasteiger partial charge in [-0.05, 0) is 47.4 Å². The highest BCUT2D eigenvalue weighted by atomic mass is 32.1. The average molecular weight is 303 g/mol. The topological polar surface area (TPSA) is 58.4 Å². The number of para-hydroxylation sites is 1. The quantitative estimate of drug-likeness (QED) is 0.650. The lowest BCUT2D eigenvalue weighted by molar-refractivity contribution is -0.383. The minimum atomic E-state index is -0.288. The highest BCUT2D eigenvalue weighted by molar-refractivity contribution is 7.07. The Balaban J connectivity index is 2.01. The Bertz CT molecular complexity index is 638. The van der Waals surface area contributed by atoms with Crippen LogP contribution in [0.1, 0.15) is 18.4 Å². The van der Waals surface area contributed by atoms with Crippen LogP contribution in [0, 0.1) is 10.1 Å². The molecule has 2 aromatic rings. The predicted octanol–water partition coefficient (Wildman–Crippen LogP) is 3.87. The van der Waals surface area contributed by atoms with Crippen molar-refractivity contribution in [2.75, 3.05) is 17.3 Å². The van der Waals surface area contributed by atoms with Gasteiger partial charge in [-0.1, -0.05) is 6.07 Å². The number of anilines is 2. The van der Waals surface area contributed by atoms with Crippen molar-refractivity contribution in [1.29, 1.82) is 0 Å². The molecule has 1 fully saturated rings. The van der Waals surface area contributed by atoms with E-state index in [0.29, 0.717) is 17.4 Å². The average Bonchev–Trinajstić information content (AvgIpc) is 3.20. The smallest absolute Gasteiger partial charge is 0.315 e. The SMILES string of the molecule is CNc1cccc(N(Cc2ccsc2)C2CC2)c1[N+](=O)[O-]. The Morgan fingerprint density at radius 3 is 2.81 bits per heavy atom. The monoisotopic (exact) mass is 303 g/mol. The maximum Gasteiger partial charge on any atom is 0.315 e. The molecule has 5 nitrogen and oxygen atoms in total. The summed E-state index contributed by atoms with van der Waals surface area (Å²) in [6.45, 7) is 0.724. The Morgan fingerprint density at radius 2 is 2.24 bits per heavy atom. The van der Waals surface area contributed by atoms with E-state index in [9.17, 15) is 10.1 Å². The van der Waals surface area contributed by atoms with Crippen molar-refractivity contribution in [2.24, 2.45) is 0 Å². The Labute approximate surface area is 127 Å². The Hall–Kier alpha value is -2.08. The van der Waals surface area contributed by atoms with Crippen LogP contribution in [0.2, 0.25) is 0 Å². The van der Waals surface area contributed by atoms with Gasteiger partial charge < -0.3 is 10.2 Å². The van der Waals surface area contributed by atoms with E-state index in [-0.39, 0.29) is 10.6 Å². The van der Waals surface area contributed by atoms with E-state index in [1.54, 1.807) is 24.5 Å². The number of hydrogen-bond donors (Lipinski definition) is 1. The Morgan fingerprint density at radius 1 is 1.43 bits per heavy atom. The lowest BCUT2D eigenvalue weighted by atomic mass is 10.2. The van der Waals surface area contributed by atoms with E-state index in [1.165, 1.54) is 5.56 Å². The van der Waals surface area contributed by atoms with Crippen LogP contribution in [0.3, 0.4) is 0 Å². The van der Waals surface area contributed by atoms with Crippen molar-refractivity contribution in [3.63, 3.8) is 0 Å². The fraction of sp³-hybridized carbons (Fsp3) is 0.333. The minimum Gasteiger partial charge on any atom is -0.382 e. The molecule has 0 atom stereocenters. The highest BCUT2D eigenvalue weighted by Gasteiger charge is 2.34. The molecule has 1 aromatic heterocycles. The molecule has 21 heavy (non-hydrogen) atoms. The highest BCUT2D eigenvalue weighted by Crippen LogP contribution is 2.41. The second-order valence-electron chi connectivity index (χ2n) is 5.17. The van der Waals surface area contributed by atoms with E-state index < -0.39 is 0 Å². The zero-order valence-electron chi connectivity index (χ0n) is 11.8. The largest absolute Gasteiger partial charge is 0.382 e. The van der Waals surface area contributed by atoms with Crippen LogP contribution in [0.5, 0.6) is 0 Å². The standard InChI is InChI=1S/C15H17N3O2S/c1-16-13-3-2-4-14(15(13)18(19)20)17(12-5-6-12)9-11-7-8-21-10-11/h2-4,7-8,10,12,16H,5-6,9H2,1H3. The Kier molecular flexibility index (Phi) is 3.79. The van der Waals surface area contributed by atoms with Crippen LogP contribution in [0.25, 0.3) is 0 Å². The molecule has 3 rings (SSSR count). The van der Waals surface area contributed by atoms with Gasteiger partial charge in [-0.15, -0.1) is 0 Å². The number of nitrogens with one attached hydrogen (secondary N) is 1. The molecule has 1 heterocycles. The third-order valence-corrected chi connectivity index (χ3v) is 4.43. The first kappa shape index (κ1) is 13.9. The van der Waals surface area contributed by atoms with E-state index in [4.69, 9.17) is 0 Å². The van der Waals surface area contributed by atoms with Crippen LogP contribution < -0.4 is 10.2 Å². The van der Waals surface area contributed by atoms with Gasteiger partial charge in [-0.25, -0.2) is 0 Å². The number of rotatable bonds is 6. The van der Waals surface area contributed by atoms with Gasteiger partial charge in [0.1, 0.15) is 11.4 Å². The summed E-state index contributed by atoms with van der Waals surface area (Å²) in [6, 6.07) is 7.96. The summed E-state index contributed by atoms with van der Waals surface area (Å²) in [7, 11) is 1.71. The van der Waals surface area contributed by atoms with Gasteiger partial charge >= 0.3 is 5.69 Å². The van der Waals surface area contributed by atoms with Crippen molar-refractivity contribution < 1.29 is 4.92 Å². The maximum absolute atomic E-state index is 11.5. The van der Waals surface area contributed by atoms with Gasteiger partial charge in [-0.3, -0.25) is 10.1 Å². The molecule has 0 bridgehead atoms. The third-order valence-electron chi connectivity index (χ3n) is 3.70. The second-order valence-corrected chi connectivity index (χ2v) is 5.95. The molecule has 0 radical (unpaired) electrons. The summed E-state index contributed by atoms with van der Waals surface area (Å²) in [6.07, 6.45) is 2.20. The normalized spacial score (nSPS) is 14.0. The number of hydrogen-bond acceptors (Lipinski definition) is 5. The minimum absolute atomic E-state index is 0.169. The number of thiophene rings is 1. The molecule has 0 unspecified atom stereocenters. The molecule has 6 heteroatoms. The van der Waals surface area contributed by atoms with Gasteiger partial charge in [-0.2, -0.15) is 11.3 Å². The summed E-state index contributed by atoms with van der Waals surface area (Å²) >= 11 is 1.65. The molecule has 0 amide bonds. The summed E-state index contributed by atoms with van der Waals surface area (Å²) in [5.74, 6) is 0. The van der Waals surface area contributed by atoms with Crippen LogP contribution >= 0.6 is 11.3 Å². The zero-order chi connectivity index (χ0) is 14.8. The third kappa shape index (κ3) is 2.85.